The van der Waals surface area contributed by atoms with E-state index in [9.17, 15) is 4.79 Å². The highest BCUT2D eigenvalue weighted by Crippen LogP contribution is 2.21. The molecule has 3 aromatic rings. The van der Waals surface area contributed by atoms with Gasteiger partial charge < -0.3 is 10.2 Å². The van der Waals surface area contributed by atoms with E-state index >= 15 is 0 Å². The lowest BCUT2D eigenvalue weighted by molar-refractivity contribution is 0.102. The van der Waals surface area contributed by atoms with Crippen molar-refractivity contribution in [1.29, 1.82) is 0 Å². The van der Waals surface area contributed by atoms with Crippen LogP contribution in [0.4, 0.5) is 11.6 Å². The first kappa shape index (κ1) is 14.8. The number of carbonyl (C=O) groups is 1. The van der Waals surface area contributed by atoms with Crippen molar-refractivity contribution < 1.29 is 4.79 Å². The van der Waals surface area contributed by atoms with Gasteiger partial charge in [-0.15, -0.1) is 0 Å². The van der Waals surface area contributed by atoms with Crippen molar-refractivity contribution >= 4 is 40.2 Å². The summed E-state index contributed by atoms with van der Waals surface area (Å²) in [6.45, 7) is 1.79. The maximum Gasteiger partial charge on any atom is 0.276 e. The normalized spacial score (nSPS) is 14.3. The summed E-state index contributed by atoms with van der Waals surface area (Å²) in [5.74, 6) is 0.152. The number of aromatic amines is 1. The van der Waals surface area contributed by atoms with Gasteiger partial charge in [-0.3, -0.25) is 4.79 Å². The molecule has 1 fully saturated rings. The molecule has 24 heavy (non-hydrogen) atoms. The number of amides is 1. The van der Waals surface area contributed by atoms with Crippen LogP contribution < -0.4 is 10.2 Å². The van der Waals surface area contributed by atoms with Crippen molar-refractivity contribution in [2.75, 3.05) is 23.3 Å². The molecule has 0 bridgehead atoms. The quantitative estimate of drug-likeness (QED) is 0.756. The van der Waals surface area contributed by atoms with Gasteiger partial charge in [0, 0.05) is 18.8 Å². The molecule has 2 aromatic heterocycles. The lowest BCUT2D eigenvalue weighted by Gasteiger charge is -2.16. The highest BCUT2D eigenvalue weighted by atomic mass is 35.5. The van der Waals surface area contributed by atoms with E-state index in [1.165, 1.54) is 6.20 Å². The third kappa shape index (κ3) is 2.76. The monoisotopic (exact) mass is 343 g/mol. The number of halogens is 1. The van der Waals surface area contributed by atoms with Crippen LogP contribution in [0.25, 0.3) is 11.0 Å². The first-order chi connectivity index (χ1) is 11.7. The molecule has 9 heteroatoms. The minimum absolute atomic E-state index is 0.161. The van der Waals surface area contributed by atoms with E-state index in [0.29, 0.717) is 17.2 Å². The smallest absolute Gasteiger partial charge is 0.276 e. The Hall–Kier alpha value is -2.74. The molecule has 0 unspecified atom stereocenters. The van der Waals surface area contributed by atoms with Gasteiger partial charge in [0.2, 0.25) is 5.95 Å². The van der Waals surface area contributed by atoms with Crippen molar-refractivity contribution in [2.45, 2.75) is 12.8 Å². The predicted octanol–water partition coefficient (Wildman–Crippen LogP) is 2.25. The Balaban J connectivity index is 1.59. The molecule has 3 heterocycles. The van der Waals surface area contributed by atoms with E-state index in [4.69, 9.17) is 11.6 Å². The minimum Gasteiger partial charge on any atom is -0.341 e. The molecule has 1 aliphatic rings. The maximum absolute atomic E-state index is 12.5. The molecule has 1 aromatic carbocycles. The van der Waals surface area contributed by atoms with Gasteiger partial charge in [0.1, 0.15) is 11.0 Å². The van der Waals surface area contributed by atoms with E-state index in [1.54, 1.807) is 18.2 Å². The van der Waals surface area contributed by atoms with Crippen LogP contribution in [0.15, 0.2) is 24.4 Å². The summed E-state index contributed by atoms with van der Waals surface area (Å²) >= 11 is 6.11. The van der Waals surface area contributed by atoms with Gasteiger partial charge in [-0.25, -0.2) is 9.97 Å². The molecule has 0 saturated carbocycles. The number of rotatable bonds is 3. The molecule has 1 saturated heterocycles. The van der Waals surface area contributed by atoms with Gasteiger partial charge >= 0.3 is 0 Å². The number of H-pyrrole nitrogens is 1. The summed E-state index contributed by atoms with van der Waals surface area (Å²) < 4.78 is 0. The Kier molecular flexibility index (Phi) is 3.73. The molecule has 0 atom stereocenters. The number of benzene rings is 1. The Labute approximate surface area is 142 Å². The summed E-state index contributed by atoms with van der Waals surface area (Å²) in [5.41, 5.74) is 2.15. The zero-order valence-corrected chi connectivity index (χ0v) is 13.4. The van der Waals surface area contributed by atoms with E-state index < -0.39 is 0 Å². The van der Waals surface area contributed by atoms with Gasteiger partial charge in [-0.1, -0.05) is 11.6 Å². The Bertz CT molecular complexity index is 904. The van der Waals surface area contributed by atoms with Gasteiger partial charge in [-0.05, 0) is 31.0 Å². The fourth-order valence-corrected chi connectivity index (χ4v) is 2.87. The number of anilines is 2. The first-order valence-electron chi connectivity index (χ1n) is 7.60. The second-order valence-electron chi connectivity index (χ2n) is 5.54. The number of aromatic nitrogens is 5. The molecule has 122 valence electrons. The highest BCUT2D eigenvalue weighted by Gasteiger charge is 2.19. The molecular formula is C15H14ClN7O. The number of carbonyl (C=O) groups excluding carboxylic acids is 1. The Morgan fingerprint density at radius 1 is 1.21 bits per heavy atom. The largest absolute Gasteiger partial charge is 0.341 e. The molecule has 0 radical (unpaired) electrons. The van der Waals surface area contributed by atoms with Crippen LogP contribution in [0.3, 0.4) is 0 Å². The van der Waals surface area contributed by atoms with Crippen LogP contribution in [0.2, 0.25) is 5.02 Å². The van der Waals surface area contributed by atoms with Gasteiger partial charge in [0.05, 0.1) is 11.2 Å². The minimum atomic E-state index is -0.384. The van der Waals surface area contributed by atoms with E-state index in [-0.39, 0.29) is 16.6 Å². The van der Waals surface area contributed by atoms with Gasteiger partial charge in [0.25, 0.3) is 5.91 Å². The van der Waals surface area contributed by atoms with E-state index in [0.717, 1.165) is 31.4 Å². The fourth-order valence-electron chi connectivity index (χ4n) is 2.69. The third-order valence-electron chi connectivity index (χ3n) is 3.91. The maximum atomic E-state index is 12.5. The summed E-state index contributed by atoms with van der Waals surface area (Å²) in [4.78, 5) is 23.1. The summed E-state index contributed by atoms with van der Waals surface area (Å²) in [6, 6.07) is 5.25. The van der Waals surface area contributed by atoms with Crippen molar-refractivity contribution in [3.63, 3.8) is 0 Å². The number of fused-ring (bicyclic) bond motifs is 1. The third-order valence-corrected chi connectivity index (χ3v) is 4.19. The van der Waals surface area contributed by atoms with E-state index in [2.05, 4.69) is 35.6 Å². The standard InChI is InChI=1S/C15H14ClN7O/c16-10-8-17-15(23-5-1-2-6-23)19-13(10)14(24)18-9-3-4-11-12(7-9)21-22-20-11/h3-4,7-8H,1-2,5-6H2,(H,18,24)(H,20,21,22). The fraction of sp³-hybridized carbons (Fsp3) is 0.267. The van der Waals surface area contributed by atoms with Crippen molar-refractivity contribution in [3.8, 4) is 0 Å². The number of nitrogens with zero attached hydrogens (tertiary/aromatic N) is 5. The Morgan fingerprint density at radius 2 is 2.00 bits per heavy atom. The van der Waals surface area contributed by atoms with Crippen LogP contribution in [0.5, 0.6) is 0 Å². The van der Waals surface area contributed by atoms with Crippen molar-refractivity contribution in [1.82, 2.24) is 25.4 Å². The van der Waals surface area contributed by atoms with Crippen molar-refractivity contribution in [2.24, 2.45) is 0 Å². The lowest BCUT2D eigenvalue weighted by atomic mass is 10.2. The summed E-state index contributed by atoms with van der Waals surface area (Å²) in [7, 11) is 0. The molecule has 0 aliphatic carbocycles. The number of nitrogens with one attached hydrogen (secondary N) is 2. The zero-order valence-electron chi connectivity index (χ0n) is 12.7. The van der Waals surface area contributed by atoms with Crippen LogP contribution >= 0.6 is 11.6 Å². The van der Waals surface area contributed by atoms with Crippen LogP contribution in [-0.2, 0) is 0 Å². The van der Waals surface area contributed by atoms with Crippen molar-refractivity contribution in [3.05, 3.63) is 35.1 Å². The van der Waals surface area contributed by atoms with Crippen LogP contribution in [0, 0.1) is 0 Å². The average molecular weight is 344 g/mol. The lowest BCUT2D eigenvalue weighted by Crippen LogP contribution is -2.23. The topological polar surface area (TPSA) is 99.7 Å². The number of hydrogen-bond donors (Lipinski definition) is 2. The summed E-state index contributed by atoms with van der Waals surface area (Å²) in [5, 5.41) is 13.5. The molecule has 8 nitrogen and oxygen atoms in total. The van der Waals surface area contributed by atoms with Crippen LogP contribution in [0.1, 0.15) is 23.3 Å². The predicted molar refractivity (Wildman–Crippen MR) is 90.3 cm³/mol. The van der Waals surface area contributed by atoms with Crippen LogP contribution in [-0.4, -0.2) is 44.4 Å². The van der Waals surface area contributed by atoms with E-state index in [1.807, 2.05) is 0 Å². The molecule has 1 amide bonds. The molecule has 1 aliphatic heterocycles. The van der Waals surface area contributed by atoms with Gasteiger partial charge in [0.15, 0.2) is 5.69 Å². The number of hydrogen-bond acceptors (Lipinski definition) is 6. The SMILES string of the molecule is O=C(Nc1ccc2n[nH]nc2c1)c1nc(N2CCCC2)ncc1Cl. The second kappa shape index (κ2) is 6.04. The molecule has 2 N–H and O–H groups in total. The second-order valence-corrected chi connectivity index (χ2v) is 5.95. The van der Waals surface area contributed by atoms with Gasteiger partial charge in [-0.2, -0.15) is 15.4 Å². The highest BCUT2D eigenvalue weighted by molar-refractivity contribution is 6.34. The molecule has 4 rings (SSSR count). The zero-order chi connectivity index (χ0) is 16.5. The molecule has 0 spiro atoms. The average Bonchev–Trinajstić information content (AvgIpc) is 3.26. The first-order valence-corrected chi connectivity index (χ1v) is 7.98. The molecular weight excluding hydrogens is 330 g/mol. The Morgan fingerprint density at radius 3 is 2.83 bits per heavy atom. The summed E-state index contributed by atoms with van der Waals surface area (Å²) in [6.07, 6.45) is 3.68.